The number of methoxy groups -OCH3 is 1. The summed E-state index contributed by atoms with van der Waals surface area (Å²) in [7, 11) is 1.71. The van der Waals surface area contributed by atoms with Gasteiger partial charge in [0.05, 0.1) is 12.8 Å². The number of aromatic nitrogens is 2. The van der Waals surface area contributed by atoms with Crippen molar-refractivity contribution in [1.82, 2.24) is 15.0 Å². The van der Waals surface area contributed by atoms with E-state index in [4.69, 9.17) is 9.26 Å². The molecule has 4 rings (SSSR count). The van der Waals surface area contributed by atoms with Gasteiger partial charge in [0.15, 0.2) is 0 Å². The quantitative estimate of drug-likeness (QED) is 0.552. The number of hydrogen-bond acceptors (Lipinski definition) is 5. The molecule has 0 bridgehead atoms. The summed E-state index contributed by atoms with van der Waals surface area (Å²) in [5.74, 6) is 2.49. The predicted octanol–water partition coefficient (Wildman–Crippen LogP) is 4.80. The third-order valence-corrected chi connectivity index (χ3v) is 5.91. The van der Waals surface area contributed by atoms with E-state index >= 15 is 0 Å². The number of rotatable bonds is 8. The molecule has 29 heavy (non-hydrogen) atoms. The van der Waals surface area contributed by atoms with E-state index in [-0.39, 0.29) is 0 Å². The van der Waals surface area contributed by atoms with Crippen molar-refractivity contribution >= 4 is 0 Å². The maximum atomic E-state index is 5.53. The number of benzene rings is 1. The molecule has 3 aromatic rings. The van der Waals surface area contributed by atoms with Crippen molar-refractivity contribution in [3.63, 3.8) is 0 Å². The first-order valence-corrected chi connectivity index (χ1v) is 10.4. The van der Waals surface area contributed by atoms with E-state index in [1.807, 2.05) is 31.5 Å². The third-order valence-electron chi connectivity index (χ3n) is 5.91. The molecule has 0 N–H and O–H groups in total. The molecule has 1 aliphatic rings. The maximum Gasteiger partial charge on any atom is 0.137 e. The molecule has 152 valence electrons. The van der Waals surface area contributed by atoms with Crippen LogP contribution in [0.4, 0.5) is 0 Å². The Morgan fingerprint density at radius 3 is 2.41 bits per heavy atom. The summed E-state index contributed by atoms with van der Waals surface area (Å²) in [6.45, 7) is 3.83. The molecular weight excluding hydrogens is 362 g/mol. The molecule has 1 aliphatic carbocycles. The van der Waals surface area contributed by atoms with Gasteiger partial charge < -0.3 is 9.26 Å². The average Bonchev–Trinajstić information content (AvgIpc) is 3.38. The van der Waals surface area contributed by atoms with Crippen molar-refractivity contribution in [2.45, 2.75) is 51.7 Å². The van der Waals surface area contributed by atoms with Gasteiger partial charge in [0, 0.05) is 44.0 Å². The second-order valence-electron chi connectivity index (χ2n) is 8.01. The van der Waals surface area contributed by atoms with Crippen LogP contribution >= 0.6 is 0 Å². The molecule has 1 saturated carbocycles. The number of ether oxygens (including phenoxy) is 1. The van der Waals surface area contributed by atoms with Crippen molar-refractivity contribution in [3.8, 4) is 5.75 Å². The number of aryl methyl sites for hydroxylation is 1. The minimum Gasteiger partial charge on any atom is -0.497 e. The van der Waals surface area contributed by atoms with Gasteiger partial charge in [-0.25, -0.2) is 0 Å². The van der Waals surface area contributed by atoms with E-state index in [9.17, 15) is 0 Å². The molecule has 1 fully saturated rings. The maximum absolute atomic E-state index is 5.53. The topological polar surface area (TPSA) is 51.4 Å². The molecule has 0 amide bonds. The number of pyridine rings is 1. The molecule has 5 nitrogen and oxygen atoms in total. The van der Waals surface area contributed by atoms with Gasteiger partial charge in [-0.05, 0) is 61.1 Å². The number of nitrogens with zero attached hydrogens (tertiary/aromatic N) is 3. The van der Waals surface area contributed by atoms with Crippen molar-refractivity contribution in [1.29, 1.82) is 0 Å². The second-order valence-corrected chi connectivity index (χ2v) is 8.01. The highest BCUT2D eigenvalue weighted by atomic mass is 16.5. The van der Waals surface area contributed by atoms with Crippen LogP contribution < -0.4 is 4.74 Å². The Kier molecular flexibility index (Phi) is 6.25. The Bertz CT molecular complexity index is 892. The van der Waals surface area contributed by atoms with Gasteiger partial charge in [0.1, 0.15) is 11.5 Å². The van der Waals surface area contributed by atoms with Crippen molar-refractivity contribution in [2.75, 3.05) is 7.11 Å². The lowest BCUT2D eigenvalue weighted by molar-refractivity contribution is 0.138. The van der Waals surface area contributed by atoms with Crippen LogP contribution in [-0.4, -0.2) is 28.2 Å². The van der Waals surface area contributed by atoms with Crippen molar-refractivity contribution in [3.05, 3.63) is 77.4 Å². The van der Waals surface area contributed by atoms with Gasteiger partial charge in [-0.2, -0.15) is 0 Å². The summed E-state index contributed by atoms with van der Waals surface area (Å²) in [5, 5.41) is 4.07. The van der Waals surface area contributed by atoms with E-state index in [1.165, 1.54) is 30.4 Å². The van der Waals surface area contributed by atoms with Gasteiger partial charge in [-0.1, -0.05) is 23.7 Å². The first-order chi connectivity index (χ1) is 14.2. The minimum absolute atomic E-state index is 0.524. The zero-order valence-corrected chi connectivity index (χ0v) is 17.3. The SMILES string of the molecule is COc1ccc(CN(Cc2ccncc2)[C@@H]2CCC[C@H]2Cc2cc(C)no2)cc1. The summed E-state index contributed by atoms with van der Waals surface area (Å²) in [6.07, 6.45) is 8.44. The monoisotopic (exact) mass is 391 g/mol. The summed E-state index contributed by atoms with van der Waals surface area (Å²) in [5.41, 5.74) is 3.57. The Morgan fingerprint density at radius 2 is 1.76 bits per heavy atom. The van der Waals surface area contributed by atoms with E-state index in [2.05, 4.69) is 45.4 Å². The Hall–Kier alpha value is -2.66. The Balaban J connectivity index is 1.54. The van der Waals surface area contributed by atoms with Gasteiger partial charge in [-0.3, -0.25) is 9.88 Å². The smallest absolute Gasteiger partial charge is 0.137 e. The fourth-order valence-electron chi connectivity index (χ4n) is 4.49. The number of hydrogen-bond donors (Lipinski definition) is 0. The lowest BCUT2D eigenvalue weighted by Gasteiger charge is -2.33. The molecular formula is C24H29N3O2. The van der Waals surface area contributed by atoms with Crippen LogP contribution in [0.2, 0.25) is 0 Å². The molecule has 5 heteroatoms. The predicted molar refractivity (Wildman–Crippen MR) is 113 cm³/mol. The van der Waals surface area contributed by atoms with E-state index in [0.717, 1.165) is 36.7 Å². The summed E-state index contributed by atoms with van der Waals surface area (Å²) in [4.78, 5) is 6.80. The first kappa shape index (κ1) is 19.6. The molecule has 2 heterocycles. The van der Waals surface area contributed by atoms with Gasteiger partial charge in [0.2, 0.25) is 0 Å². The molecule has 2 aromatic heterocycles. The van der Waals surface area contributed by atoms with Crippen molar-refractivity contribution in [2.24, 2.45) is 5.92 Å². The van der Waals surface area contributed by atoms with E-state index in [0.29, 0.717) is 12.0 Å². The molecule has 0 unspecified atom stereocenters. The van der Waals surface area contributed by atoms with Crippen LogP contribution in [0.1, 0.15) is 41.8 Å². The first-order valence-electron chi connectivity index (χ1n) is 10.4. The normalized spacial score (nSPS) is 19.0. The summed E-state index contributed by atoms with van der Waals surface area (Å²) in [6, 6.07) is 15.3. The summed E-state index contributed by atoms with van der Waals surface area (Å²) < 4.78 is 10.8. The zero-order valence-electron chi connectivity index (χ0n) is 17.3. The molecule has 1 aromatic carbocycles. The Labute approximate surface area is 172 Å². The van der Waals surface area contributed by atoms with Gasteiger partial charge >= 0.3 is 0 Å². The van der Waals surface area contributed by atoms with Gasteiger partial charge in [0.25, 0.3) is 0 Å². The van der Waals surface area contributed by atoms with Crippen LogP contribution in [0.3, 0.4) is 0 Å². The third kappa shape index (κ3) is 5.04. The second kappa shape index (κ2) is 9.23. The van der Waals surface area contributed by atoms with Crippen LogP contribution in [-0.2, 0) is 19.5 Å². The summed E-state index contributed by atoms with van der Waals surface area (Å²) >= 11 is 0. The highest BCUT2D eigenvalue weighted by Gasteiger charge is 2.33. The van der Waals surface area contributed by atoms with E-state index in [1.54, 1.807) is 7.11 Å². The zero-order chi connectivity index (χ0) is 20.1. The van der Waals surface area contributed by atoms with Crippen LogP contribution in [0, 0.1) is 12.8 Å². The standard InChI is InChI=1S/C24H29N3O2/c1-18-14-23(29-26-18)15-21-4-3-5-24(21)27(17-20-10-12-25-13-11-20)16-19-6-8-22(28-2)9-7-19/h6-14,21,24H,3-5,15-17H2,1-2H3/t21-,24+/m0/s1. The molecule has 0 radical (unpaired) electrons. The molecule has 0 saturated heterocycles. The van der Waals surface area contributed by atoms with Crippen LogP contribution in [0.15, 0.2) is 59.4 Å². The lowest BCUT2D eigenvalue weighted by atomic mass is 9.95. The highest BCUT2D eigenvalue weighted by Crippen LogP contribution is 2.34. The fraction of sp³-hybridized carbons (Fsp3) is 0.417. The van der Waals surface area contributed by atoms with E-state index < -0.39 is 0 Å². The molecule has 0 spiro atoms. The average molecular weight is 392 g/mol. The minimum atomic E-state index is 0.524. The Morgan fingerprint density at radius 1 is 1.03 bits per heavy atom. The molecule has 2 atom stereocenters. The fourth-order valence-corrected chi connectivity index (χ4v) is 4.49. The lowest BCUT2D eigenvalue weighted by Crippen LogP contribution is -2.37. The largest absolute Gasteiger partial charge is 0.497 e. The van der Waals surface area contributed by atoms with Crippen LogP contribution in [0.5, 0.6) is 5.75 Å². The highest BCUT2D eigenvalue weighted by molar-refractivity contribution is 5.27. The van der Waals surface area contributed by atoms with Gasteiger partial charge in [-0.15, -0.1) is 0 Å². The molecule has 0 aliphatic heterocycles. The van der Waals surface area contributed by atoms with Crippen molar-refractivity contribution < 1.29 is 9.26 Å². The van der Waals surface area contributed by atoms with Crippen LogP contribution in [0.25, 0.3) is 0 Å².